The lowest BCUT2D eigenvalue weighted by Crippen LogP contribution is -2.46. The molecule has 1 amide bonds. The standard InChI is InChI=1S/C23H23F6NO2/c1-16(31)30-9-7-21(8-10-30,18-5-3-2-4-6-18)15-32-14-17-11-19(22(24,25)26)13-20(12-17)23(27,28)29/h2-6,11-13H,7-10,14-15H2,1H3. The van der Waals surface area contributed by atoms with Crippen LogP contribution < -0.4 is 0 Å². The van der Waals surface area contributed by atoms with E-state index >= 15 is 0 Å². The normalized spacial score (nSPS) is 16.8. The average molecular weight is 459 g/mol. The zero-order valence-corrected chi connectivity index (χ0v) is 17.4. The Morgan fingerprint density at radius 1 is 0.938 bits per heavy atom. The van der Waals surface area contributed by atoms with Gasteiger partial charge in [-0.1, -0.05) is 30.3 Å². The average Bonchev–Trinajstić information content (AvgIpc) is 2.73. The highest BCUT2D eigenvalue weighted by molar-refractivity contribution is 5.73. The van der Waals surface area contributed by atoms with Gasteiger partial charge in [-0.3, -0.25) is 4.79 Å². The van der Waals surface area contributed by atoms with Crippen LogP contribution in [0.4, 0.5) is 26.3 Å². The van der Waals surface area contributed by atoms with Gasteiger partial charge in [0.25, 0.3) is 0 Å². The Bertz CT molecular complexity index is 899. The molecule has 3 rings (SSSR count). The predicted molar refractivity (Wildman–Crippen MR) is 106 cm³/mol. The first-order valence-corrected chi connectivity index (χ1v) is 10.1. The van der Waals surface area contributed by atoms with Crippen LogP contribution in [-0.2, 0) is 33.9 Å². The van der Waals surface area contributed by atoms with Gasteiger partial charge in [0.05, 0.1) is 24.3 Å². The minimum absolute atomic E-state index is 0.0452. The number of likely N-dealkylation sites (tertiary alicyclic amines) is 1. The summed E-state index contributed by atoms with van der Waals surface area (Å²) < 4.78 is 84.3. The molecule has 1 aliphatic heterocycles. The first-order chi connectivity index (χ1) is 14.9. The van der Waals surface area contributed by atoms with Crippen molar-refractivity contribution in [1.82, 2.24) is 4.90 Å². The van der Waals surface area contributed by atoms with E-state index < -0.39 is 35.5 Å². The minimum Gasteiger partial charge on any atom is -0.376 e. The number of nitrogens with zero attached hydrogens (tertiary/aromatic N) is 1. The van der Waals surface area contributed by atoms with Crippen molar-refractivity contribution in [3.63, 3.8) is 0 Å². The Labute approximate surface area is 182 Å². The maximum Gasteiger partial charge on any atom is 0.416 e. The van der Waals surface area contributed by atoms with Crippen molar-refractivity contribution in [3.05, 3.63) is 70.8 Å². The number of piperidine rings is 1. The van der Waals surface area contributed by atoms with Crippen molar-refractivity contribution in [2.45, 2.75) is 44.1 Å². The summed E-state index contributed by atoms with van der Waals surface area (Å²) in [5.41, 5.74) is -2.45. The smallest absolute Gasteiger partial charge is 0.376 e. The molecule has 0 spiro atoms. The van der Waals surface area contributed by atoms with Crippen LogP contribution >= 0.6 is 0 Å². The molecule has 1 saturated heterocycles. The zero-order valence-electron chi connectivity index (χ0n) is 17.4. The van der Waals surface area contributed by atoms with Gasteiger partial charge in [0.15, 0.2) is 0 Å². The number of alkyl halides is 6. The van der Waals surface area contributed by atoms with Gasteiger partial charge in [-0.15, -0.1) is 0 Å². The summed E-state index contributed by atoms with van der Waals surface area (Å²) >= 11 is 0. The summed E-state index contributed by atoms with van der Waals surface area (Å²) in [6, 6.07) is 10.9. The third kappa shape index (κ3) is 5.62. The van der Waals surface area contributed by atoms with Gasteiger partial charge >= 0.3 is 12.4 Å². The van der Waals surface area contributed by atoms with Crippen LogP contribution in [0, 0.1) is 0 Å². The number of hydrogen-bond donors (Lipinski definition) is 0. The quantitative estimate of drug-likeness (QED) is 0.528. The molecule has 0 atom stereocenters. The fraction of sp³-hybridized carbons (Fsp3) is 0.435. The van der Waals surface area contributed by atoms with Gasteiger partial charge in [0.2, 0.25) is 5.91 Å². The number of halogens is 6. The molecule has 9 heteroatoms. The van der Waals surface area contributed by atoms with E-state index in [0.717, 1.165) is 5.56 Å². The molecule has 0 radical (unpaired) electrons. The van der Waals surface area contributed by atoms with Crippen molar-refractivity contribution < 1.29 is 35.9 Å². The fourth-order valence-corrected chi connectivity index (χ4v) is 4.02. The first-order valence-electron chi connectivity index (χ1n) is 10.1. The molecule has 3 nitrogen and oxygen atoms in total. The maximum absolute atomic E-state index is 13.1. The van der Waals surface area contributed by atoms with E-state index in [0.29, 0.717) is 38.1 Å². The minimum atomic E-state index is -4.90. The number of amides is 1. The van der Waals surface area contributed by atoms with Gasteiger partial charge in [-0.05, 0) is 42.2 Å². The monoisotopic (exact) mass is 459 g/mol. The van der Waals surface area contributed by atoms with Gasteiger partial charge in [0.1, 0.15) is 0 Å². The first kappa shape index (κ1) is 24.1. The number of rotatable bonds is 5. The van der Waals surface area contributed by atoms with Gasteiger partial charge in [-0.25, -0.2) is 0 Å². The Kier molecular flexibility index (Phi) is 6.88. The van der Waals surface area contributed by atoms with E-state index in [1.165, 1.54) is 6.92 Å². The molecule has 174 valence electrons. The molecule has 0 aliphatic carbocycles. The number of carbonyl (C=O) groups is 1. The highest BCUT2D eigenvalue weighted by Gasteiger charge is 2.38. The second-order valence-electron chi connectivity index (χ2n) is 8.06. The maximum atomic E-state index is 13.1. The van der Waals surface area contributed by atoms with Crippen LogP contribution in [0.5, 0.6) is 0 Å². The van der Waals surface area contributed by atoms with E-state index in [9.17, 15) is 31.1 Å². The van der Waals surface area contributed by atoms with E-state index in [4.69, 9.17) is 4.74 Å². The molecule has 0 N–H and O–H groups in total. The number of benzene rings is 2. The van der Waals surface area contributed by atoms with E-state index in [1.807, 2.05) is 30.3 Å². The molecular weight excluding hydrogens is 436 g/mol. The lowest BCUT2D eigenvalue weighted by atomic mass is 9.73. The van der Waals surface area contributed by atoms with Gasteiger partial charge < -0.3 is 9.64 Å². The van der Waals surface area contributed by atoms with E-state index in [1.54, 1.807) is 4.90 Å². The SMILES string of the molecule is CC(=O)N1CCC(COCc2cc(C(F)(F)F)cc(C(F)(F)F)c2)(c2ccccc2)CC1. The Morgan fingerprint density at radius 3 is 1.94 bits per heavy atom. The van der Waals surface area contributed by atoms with Gasteiger partial charge in [-0.2, -0.15) is 26.3 Å². The Balaban J connectivity index is 1.80. The molecule has 0 aromatic heterocycles. The summed E-state index contributed by atoms with van der Waals surface area (Å²) in [4.78, 5) is 13.4. The zero-order chi connectivity index (χ0) is 23.6. The highest BCUT2D eigenvalue weighted by atomic mass is 19.4. The molecule has 2 aromatic rings. The van der Waals surface area contributed by atoms with Crippen molar-refractivity contribution >= 4 is 5.91 Å². The van der Waals surface area contributed by atoms with Crippen LogP contribution in [0.2, 0.25) is 0 Å². The van der Waals surface area contributed by atoms with Crippen LogP contribution in [0.15, 0.2) is 48.5 Å². The van der Waals surface area contributed by atoms with E-state index in [-0.39, 0.29) is 24.1 Å². The molecule has 0 unspecified atom stereocenters. The highest BCUT2D eigenvalue weighted by Crippen LogP contribution is 2.38. The second-order valence-corrected chi connectivity index (χ2v) is 8.06. The summed E-state index contributed by atoms with van der Waals surface area (Å²) in [6.45, 7) is 2.20. The Hall–Kier alpha value is -2.55. The van der Waals surface area contributed by atoms with Crippen LogP contribution in [0.1, 0.15) is 42.0 Å². The van der Waals surface area contributed by atoms with Crippen molar-refractivity contribution in [2.75, 3.05) is 19.7 Å². The second kappa shape index (κ2) is 9.13. The number of carbonyl (C=O) groups excluding carboxylic acids is 1. The summed E-state index contributed by atoms with van der Waals surface area (Å²) in [6.07, 6.45) is -8.65. The Morgan fingerprint density at radius 2 is 1.47 bits per heavy atom. The topological polar surface area (TPSA) is 29.5 Å². The lowest BCUT2D eigenvalue weighted by molar-refractivity contribution is -0.143. The molecule has 32 heavy (non-hydrogen) atoms. The van der Waals surface area contributed by atoms with Crippen LogP contribution in [0.25, 0.3) is 0 Å². The summed E-state index contributed by atoms with van der Waals surface area (Å²) in [7, 11) is 0. The lowest BCUT2D eigenvalue weighted by Gasteiger charge is -2.42. The fourth-order valence-electron chi connectivity index (χ4n) is 4.02. The van der Waals surface area contributed by atoms with Crippen LogP contribution in [0.3, 0.4) is 0 Å². The van der Waals surface area contributed by atoms with Gasteiger partial charge in [0, 0.05) is 25.4 Å². The summed E-state index contributed by atoms with van der Waals surface area (Å²) in [5, 5.41) is 0. The largest absolute Gasteiger partial charge is 0.416 e. The predicted octanol–water partition coefficient (Wildman–Crippen LogP) is 5.82. The van der Waals surface area contributed by atoms with Crippen molar-refractivity contribution in [2.24, 2.45) is 0 Å². The van der Waals surface area contributed by atoms with Crippen LogP contribution in [-0.4, -0.2) is 30.5 Å². The molecule has 1 aliphatic rings. The third-order valence-electron chi connectivity index (χ3n) is 5.85. The van der Waals surface area contributed by atoms with E-state index in [2.05, 4.69) is 0 Å². The third-order valence-corrected chi connectivity index (χ3v) is 5.85. The molecule has 0 saturated carbocycles. The number of hydrogen-bond acceptors (Lipinski definition) is 2. The summed E-state index contributed by atoms with van der Waals surface area (Å²) in [5.74, 6) is -0.0452. The van der Waals surface area contributed by atoms with Crippen molar-refractivity contribution in [3.8, 4) is 0 Å². The molecular formula is C23H23F6NO2. The molecule has 2 aromatic carbocycles. The number of ether oxygens (including phenoxy) is 1. The van der Waals surface area contributed by atoms with Crippen molar-refractivity contribution in [1.29, 1.82) is 0 Å². The molecule has 1 fully saturated rings. The molecule has 0 bridgehead atoms. The molecule has 1 heterocycles.